The lowest BCUT2D eigenvalue weighted by Crippen LogP contribution is -2.08. The fourth-order valence-corrected chi connectivity index (χ4v) is 2.73. The first kappa shape index (κ1) is 13.1. The van der Waals surface area contributed by atoms with Gasteiger partial charge in [0.15, 0.2) is 4.96 Å². The number of nitrogens with zero attached hydrogens (tertiary/aromatic N) is 2. The lowest BCUT2D eigenvalue weighted by molar-refractivity contribution is 0.298. The van der Waals surface area contributed by atoms with E-state index in [1.165, 1.54) is 12.1 Å². The molecule has 3 aromatic rings. The number of imidazole rings is 1. The molecule has 2 heterocycles. The molecule has 0 aliphatic rings. The van der Waals surface area contributed by atoms with Gasteiger partial charge in [0.05, 0.1) is 5.69 Å². The fourth-order valence-electron chi connectivity index (χ4n) is 2.01. The van der Waals surface area contributed by atoms with Gasteiger partial charge in [-0.15, -0.1) is 11.3 Å². The summed E-state index contributed by atoms with van der Waals surface area (Å²) in [7, 11) is 1.82. The zero-order valence-corrected chi connectivity index (χ0v) is 11.8. The summed E-state index contributed by atoms with van der Waals surface area (Å²) in [4.78, 5) is 5.39. The molecule has 0 saturated carbocycles. The standard InChI is InChI=1S/C14H14FN3OS/c1-16-7-10-6-11(15)2-3-13(10)19-9-12-8-18-4-5-20-14(18)17-12/h2-6,8,16H,7,9H2,1H3. The Hall–Kier alpha value is -1.92. The lowest BCUT2D eigenvalue weighted by Gasteiger charge is -2.10. The van der Waals surface area contributed by atoms with E-state index in [9.17, 15) is 4.39 Å². The number of aromatic nitrogens is 2. The van der Waals surface area contributed by atoms with Crippen molar-refractivity contribution in [1.29, 1.82) is 0 Å². The van der Waals surface area contributed by atoms with E-state index in [1.807, 2.05) is 29.2 Å². The first-order valence-corrected chi connectivity index (χ1v) is 7.11. The molecule has 0 amide bonds. The predicted molar refractivity (Wildman–Crippen MR) is 76.6 cm³/mol. The van der Waals surface area contributed by atoms with Crippen LogP contribution in [0.3, 0.4) is 0 Å². The highest BCUT2D eigenvalue weighted by atomic mass is 32.1. The van der Waals surface area contributed by atoms with Gasteiger partial charge in [-0.3, -0.25) is 4.40 Å². The van der Waals surface area contributed by atoms with E-state index in [0.717, 1.165) is 16.2 Å². The van der Waals surface area contributed by atoms with Gasteiger partial charge in [0.25, 0.3) is 0 Å². The second-order valence-electron chi connectivity index (χ2n) is 4.40. The van der Waals surface area contributed by atoms with Crippen molar-refractivity contribution in [3.63, 3.8) is 0 Å². The first-order chi connectivity index (χ1) is 9.76. The van der Waals surface area contributed by atoms with Crippen LogP contribution in [0, 0.1) is 5.82 Å². The smallest absolute Gasteiger partial charge is 0.193 e. The van der Waals surface area contributed by atoms with Crippen molar-refractivity contribution in [2.75, 3.05) is 7.05 Å². The highest BCUT2D eigenvalue weighted by Crippen LogP contribution is 2.21. The molecule has 1 aromatic carbocycles. The zero-order valence-electron chi connectivity index (χ0n) is 11.0. The molecule has 1 N–H and O–H groups in total. The molecule has 3 rings (SSSR count). The number of thiazole rings is 1. The third-order valence-corrected chi connectivity index (χ3v) is 3.68. The van der Waals surface area contributed by atoms with E-state index in [2.05, 4.69) is 10.3 Å². The molecule has 2 aromatic heterocycles. The van der Waals surface area contributed by atoms with Crippen molar-refractivity contribution in [2.24, 2.45) is 0 Å². The lowest BCUT2D eigenvalue weighted by atomic mass is 10.2. The third kappa shape index (κ3) is 2.66. The number of nitrogens with one attached hydrogen (secondary N) is 1. The minimum absolute atomic E-state index is 0.259. The van der Waals surface area contributed by atoms with Crippen LogP contribution in [0.2, 0.25) is 0 Å². The minimum atomic E-state index is -0.259. The average Bonchev–Trinajstić information content (AvgIpc) is 2.99. The molecule has 0 spiro atoms. The Morgan fingerprint density at radius 3 is 3.15 bits per heavy atom. The quantitative estimate of drug-likeness (QED) is 0.785. The van der Waals surface area contributed by atoms with Crippen LogP contribution in [0.15, 0.2) is 36.0 Å². The van der Waals surface area contributed by atoms with Gasteiger partial charge < -0.3 is 10.1 Å². The first-order valence-electron chi connectivity index (χ1n) is 6.23. The van der Waals surface area contributed by atoms with E-state index >= 15 is 0 Å². The number of rotatable bonds is 5. The van der Waals surface area contributed by atoms with Gasteiger partial charge in [-0.05, 0) is 25.2 Å². The van der Waals surface area contributed by atoms with Crippen LogP contribution in [0.5, 0.6) is 5.75 Å². The Balaban J connectivity index is 1.75. The highest BCUT2D eigenvalue weighted by Gasteiger charge is 2.07. The summed E-state index contributed by atoms with van der Waals surface area (Å²) in [5.74, 6) is 0.419. The second kappa shape index (κ2) is 5.60. The van der Waals surface area contributed by atoms with E-state index in [-0.39, 0.29) is 5.82 Å². The van der Waals surface area contributed by atoms with Crippen molar-refractivity contribution in [1.82, 2.24) is 14.7 Å². The Kier molecular flexibility index (Phi) is 3.66. The number of hydrogen-bond acceptors (Lipinski definition) is 4. The van der Waals surface area contributed by atoms with Crippen LogP contribution in [0.4, 0.5) is 4.39 Å². The number of fused-ring (bicyclic) bond motifs is 1. The van der Waals surface area contributed by atoms with Crippen molar-refractivity contribution in [2.45, 2.75) is 13.2 Å². The molecule has 0 unspecified atom stereocenters. The van der Waals surface area contributed by atoms with Crippen molar-refractivity contribution in [3.8, 4) is 5.75 Å². The molecule has 104 valence electrons. The Labute approximate surface area is 119 Å². The van der Waals surface area contributed by atoms with Crippen molar-refractivity contribution in [3.05, 3.63) is 53.0 Å². The molecular weight excluding hydrogens is 277 g/mol. The average molecular weight is 291 g/mol. The molecule has 0 bridgehead atoms. The van der Waals surface area contributed by atoms with E-state index in [1.54, 1.807) is 17.4 Å². The Morgan fingerprint density at radius 1 is 1.45 bits per heavy atom. The predicted octanol–water partition coefficient (Wildman–Crippen LogP) is 2.83. The van der Waals surface area contributed by atoms with Gasteiger partial charge >= 0.3 is 0 Å². The maximum atomic E-state index is 13.2. The van der Waals surface area contributed by atoms with Crippen LogP contribution in [-0.2, 0) is 13.2 Å². The molecular formula is C14H14FN3OS. The molecule has 0 saturated heterocycles. The molecule has 0 aliphatic heterocycles. The maximum absolute atomic E-state index is 13.2. The van der Waals surface area contributed by atoms with Gasteiger partial charge in [0, 0.05) is 29.9 Å². The number of halogens is 1. The Bertz CT molecular complexity index is 694. The van der Waals surface area contributed by atoms with Gasteiger partial charge in [-0.25, -0.2) is 9.37 Å². The highest BCUT2D eigenvalue weighted by molar-refractivity contribution is 7.15. The van der Waals surface area contributed by atoms with E-state index in [0.29, 0.717) is 18.9 Å². The van der Waals surface area contributed by atoms with Gasteiger partial charge in [-0.2, -0.15) is 0 Å². The van der Waals surface area contributed by atoms with Crippen LogP contribution in [0.1, 0.15) is 11.3 Å². The molecule has 0 fully saturated rings. The normalized spacial score (nSPS) is 11.1. The van der Waals surface area contributed by atoms with Crippen LogP contribution >= 0.6 is 11.3 Å². The second-order valence-corrected chi connectivity index (χ2v) is 5.27. The van der Waals surface area contributed by atoms with Gasteiger partial charge in [0.2, 0.25) is 0 Å². The monoisotopic (exact) mass is 291 g/mol. The molecule has 0 atom stereocenters. The summed E-state index contributed by atoms with van der Waals surface area (Å²) in [5, 5.41) is 4.99. The molecule has 0 aliphatic carbocycles. The summed E-state index contributed by atoms with van der Waals surface area (Å²) in [6.45, 7) is 0.933. The number of ether oxygens (including phenoxy) is 1. The SMILES string of the molecule is CNCc1cc(F)ccc1OCc1cn2ccsc2n1. The molecule has 4 nitrogen and oxygen atoms in total. The number of hydrogen-bond donors (Lipinski definition) is 1. The Morgan fingerprint density at radius 2 is 2.35 bits per heavy atom. The minimum Gasteiger partial charge on any atom is -0.487 e. The summed E-state index contributed by atoms with van der Waals surface area (Å²) < 4.78 is 20.9. The maximum Gasteiger partial charge on any atom is 0.193 e. The zero-order chi connectivity index (χ0) is 13.9. The van der Waals surface area contributed by atoms with Gasteiger partial charge in [0.1, 0.15) is 18.2 Å². The summed E-state index contributed by atoms with van der Waals surface area (Å²) >= 11 is 1.58. The topological polar surface area (TPSA) is 38.6 Å². The summed E-state index contributed by atoms with van der Waals surface area (Å²) in [5.41, 5.74) is 1.66. The fraction of sp³-hybridized carbons (Fsp3) is 0.214. The van der Waals surface area contributed by atoms with E-state index in [4.69, 9.17) is 4.74 Å². The summed E-state index contributed by atoms with van der Waals surface area (Å²) in [6, 6.07) is 4.54. The molecule has 20 heavy (non-hydrogen) atoms. The van der Waals surface area contributed by atoms with Crippen molar-refractivity contribution < 1.29 is 9.13 Å². The number of benzene rings is 1. The van der Waals surface area contributed by atoms with Gasteiger partial charge in [-0.1, -0.05) is 0 Å². The van der Waals surface area contributed by atoms with E-state index < -0.39 is 0 Å². The molecule has 6 heteroatoms. The molecule has 0 radical (unpaired) electrons. The largest absolute Gasteiger partial charge is 0.487 e. The van der Waals surface area contributed by atoms with Crippen molar-refractivity contribution >= 4 is 16.3 Å². The summed E-state index contributed by atoms with van der Waals surface area (Å²) in [6.07, 6.45) is 3.90. The third-order valence-electron chi connectivity index (χ3n) is 2.91. The van der Waals surface area contributed by atoms with Crippen LogP contribution < -0.4 is 10.1 Å². The van der Waals surface area contributed by atoms with Crippen LogP contribution in [-0.4, -0.2) is 16.4 Å². The van der Waals surface area contributed by atoms with Crippen LogP contribution in [0.25, 0.3) is 4.96 Å².